The van der Waals surface area contributed by atoms with Gasteiger partial charge in [-0.15, -0.1) is 13.2 Å². The Labute approximate surface area is 222 Å². The molecule has 1 saturated heterocycles. The molecule has 0 bridgehead atoms. The van der Waals surface area contributed by atoms with Gasteiger partial charge in [-0.25, -0.2) is 0 Å². The van der Waals surface area contributed by atoms with E-state index in [-0.39, 0.29) is 42.4 Å². The number of carbonyl (C=O) groups is 2. The molecular formula is C27H29F3N4O5. The van der Waals surface area contributed by atoms with Crippen molar-refractivity contribution in [2.45, 2.75) is 44.7 Å². The van der Waals surface area contributed by atoms with Gasteiger partial charge in [0, 0.05) is 37.7 Å². The lowest BCUT2D eigenvalue weighted by atomic mass is 10.0. The Morgan fingerprint density at radius 1 is 1.13 bits per heavy atom. The number of hydrogen-bond donors (Lipinski definition) is 2. The number of primary amides is 1. The van der Waals surface area contributed by atoms with E-state index >= 15 is 0 Å². The molecule has 1 aliphatic rings. The number of aliphatic hydroxyl groups is 1. The van der Waals surface area contributed by atoms with Crippen LogP contribution in [-0.2, 0) is 11.2 Å². The van der Waals surface area contributed by atoms with E-state index in [2.05, 4.69) is 9.84 Å². The highest BCUT2D eigenvalue weighted by atomic mass is 19.4. The fourth-order valence-electron chi connectivity index (χ4n) is 4.31. The van der Waals surface area contributed by atoms with Gasteiger partial charge in [-0.1, -0.05) is 18.2 Å². The molecule has 0 radical (unpaired) electrons. The summed E-state index contributed by atoms with van der Waals surface area (Å²) in [6.07, 6.45) is -0.452. The number of nitrogens with two attached hydrogens (primary N) is 1. The average Bonchev–Trinajstić information content (AvgIpc) is 3.39. The topological polar surface area (TPSA) is 120 Å². The van der Waals surface area contributed by atoms with E-state index in [1.165, 1.54) is 24.3 Å². The van der Waals surface area contributed by atoms with Crippen LogP contribution >= 0.6 is 0 Å². The van der Waals surface area contributed by atoms with Crippen LogP contribution in [0.5, 0.6) is 11.5 Å². The normalized spacial score (nSPS) is 15.2. The van der Waals surface area contributed by atoms with Crippen molar-refractivity contribution < 1.29 is 37.3 Å². The molecule has 2 amide bonds. The minimum absolute atomic E-state index is 0.0543. The van der Waals surface area contributed by atoms with E-state index in [4.69, 9.17) is 10.5 Å². The number of carbonyl (C=O) groups excluding carboxylic acids is 2. The van der Waals surface area contributed by atoms with Gasteiger partial charge in [0.05, 0.1) is 30.8 Å². The van der Waals surface area contributed by atoms with E-state index < -0.39 is 12.3 Å². The minimum atomic E-state index is -4.77. The first kappa shape index (κ1) is 28.0. The molecule has 208 valence electrons. The average molecular weight is 547 g/mol. The van der Waals surface area contributed by atoms with Gasteiger partial charge in [0.25, 0.3) is 5.91 Å². The summed E-state index contributed by atoms with van der Waals surface area (Å²) in [6.45, 7) is 2.64. The number of aliphatic hydroxyl groups excluding tert-OH is 1. The van der Waals surface area contributed by atoms with E-state index in [1.54, 1.807) is 40.2 Å². The number of rotatable bonds is 9. The molecule has 39 heavy (non-hydrogen) atoms. The highest BCUT2D eigenvalue weighted by molar-refractivity contribution is 5.97. The quantitative estimate of drug-likeness (QED) is 0.422. The third kappa shape index (κ3) is 7.29. The Morgan fingerprint density at radius 2 is 1.82 bits per heavy atom. The van der Waals surface area contributed by atoms with E-state index in [0.717, 1.165) is 11.1 Å². The Bertz CT molecular complexity index is 1300. The summed E-state index contributed by atoms with van der Waals surface area (Å²) in [5.41, 5.74) is 7.93. The lowest BCUT2D eigenvalue weighted by molar-refractivity contribution is -0.274. The van der Waals surface area contributed by atoms with E-state index in [0.29, 0.717) is 37.2 Å². The van der Waals surface area contributed by atoms with Crippen LogP contribution in [0.15, 0.2) is 54.9 Å². The minimum Gasteiger partial charge on any atom is -0.489 e. The number of ether oxygens (including phenoxy) is 2. The molecule has 4 rings (SSSR count). The molecule has 0 unspecified atom stereocenters. The maximum Gasteiger partial charge on any atom is 0.573 e. The zero-order valence-electron chi connectivity index (χ0n) is 21.2. The monoisotopic (exact) mass is 546 g/mol. The first-order valence-electron chi connectivity index (χ1n) is 12.4. The van der Waals surface area contributed by atoms with Gasteiger partial charge in [-0.05, 0) is 42.3 Å². The lowest BCUT2D eigenvalue weighted by Gasteiger charge is -2.32. The predicted octanol–water partition coefficient (Wildman–Crippen LogP) is 3.71. The fraction of sp³-hybridized carbons (Fsp3) is 0.370. The molecule has 12 heteroatoms. The van der Waals surface area contributed by atoms with Crippen molar-refractivity contribution in [3.05, 3.63) is 66.0 Å². The molecule has 0 saturated carbocycles. The summed E-state index contributed by atoms with van der Waals surface area (Å²) in [5.74, 6) is -0.766. The van der Waals surface area contributed by atoms with Crippen molar-refractivity contribution in [2.75, 3.05) is 19.7 Å². The largest absolute Gasteiger partial charge is 0.573 e. The van der Waals surface area contributed by atoms with Crippen LogP contribution in [0.3, 0.4) is 0 Å². The molecule has 0 spiro atoms. The third-order valence-corrected chi connectivity index (χ3v) is 6.50. The van der Waals surface area contributed by atoms with Gasteiger partial charge in [0.2, 0.25) is 5.91 Å². The van der Waals surface area contributed by atoms with Crippen molar-refractivity contribution in [3.63, 3.8) is 0 Å². The number of hydrogen-bond acceptors (Lipinski definition) is 6. The standard InChI is InChI=1S/C27H29F3N4O5/c1-17(16-35)34-15-20(14-32-34)19-4-7-24(23(13-19)26(31)37)38-21-8-10-33(11-9-21)25(36)12-18-2-5-22(6-3-18)39-27(28,29)30/h2-7,13-15,17,21,35H,8-12,16H2,1H3,(H2,31,37)/t17-/m0/s1. The number of halogens is 3. The van der Waals surface area contributed by atoms with Crippen molar-refractivity contribution in [1.29, 1.82) is 0 Å². The summed E-state index contributed by atoms with van der Waals surface area (Å²) >= 11 is 0. The van der Waals surface area contributed by atoms with Crippen molar-refractivity contribution >= 4 is 11.8 Å². The zero-order chi connectivity index (χ0) is 28.2. The summed E-state index contributed by atoms with van der Waals surface area (Å²) in [5, 5.41) is 13.6. The van der Waals surface area contributed by atoms with Crippen LogP contribution in [0.2, 0.25) is 0 Å². The Morgan fingerprint density at radius 3 is 2.44 bits per heavy atom. The summed E-state index contributed by atoms with van der Waals surface area (Å²) < 4.78 is 48.6. The van der Waals surface area contributed by atoms with E-state index in [9.17, 15) is 27.9 Å². The summed E-state index contributed by atoms with van der Waals surface area (Å²) in [6, 6.07) is 10.2. The maximum atomic E-state index is 12.7. The highest BCUT2D eigenvalue weighted by Crippen LogP contribution is 2.29. The first-order valence-corrected chi connectivity index (χ1v) is 12.4. The van der Waals surface area contributed by atoms with Gasteiger partial charge >= 0.3 is 6.36 Å². The number of piperidine rings is 1. The second-order valence-electron chi connectivity index (χ2n) is 9.38. The van der Waals surface area contributed by atoms with Crippen molar-refractivity contribution in [3.8, 4) is 22.6 Å². The first-order chi connectivity index (χ1) is 18.5. The number of alkyl halides is 3. The zero-order valence-corrected chi connectivity index (χ0v) is 21.2. The second kappa shape index (κ2) is 11.8. The number of amides is 2. The van der Waals surface area contributed by atoms with Crippen LogP contribution in [-0.4, -0.2) is 63.8 Å². The molecule has 1 fully saturated rings. The summed E-state index contributed by atoms with van der Waals surface area (Å²) in [7, 11) is 0. The van der Waals surface area contributed by atoms with Gasteiger partial charge in [0.15, 0.2) is 0 Å². The molecule has 1 atom stereocenters. The van der Waals surface area contributed by atoms with E-state index in [1.807, 2.05) is 6.92 Å². The SMILES string of the molecule is C[C@@H](CO)n1cc(-c2ccc(OC3CCN(C(=O)Cc4ccc(OC(F)(F)F)cc4)CC3)c(C(N)=O)c2)cn1. The molecule has 1 aromatic heterocycles. The molecule has 3 N–H and O–H groups in total. The lowest BCUT2D eigenvalue weighted by Crippen LogP contribution is -2.42. The summed E-state index contributed by atoms with van der Waals surface area (Å²) in [4.78, 5) is 26.6. The number of nitrogens with zero attached hydrogens (tertiary/aromatic N) is 3. The molecule has 0 aliphatic carbocycles. The Hall–Kier alpha value is -4.06. The smallest absolute Gasteiger partial charge is 0.489 e. The maximum absolute atomic E-state index is 12.7. The van der Waals surface area contributed by atoms with Crippen molar-refractivity contribution in [2.24, 2.45) is 5.73 Å². The molecule has 3 aromatic rings. The molecule has 1 aliphatic heterocycles. The van der Waals surface area contributed by atoms with Gasteiger partial charge in [0.1, 0.15) is 17.6 Å². The van der Waals surface area contributed by atoms with Gasteiger partial charge in [-0.2, -0.15) is 5.10 Å². The Balaban J connectivity index is 1.34. The number of benzene rings is 2. The highest BCUT2D eigenvalue weighted by Gasteiger charge is 2.31. The van der Waals surface area contributed by atoms with Crippen LogP contribution < -0.4 is 15.2 Å². The van der Waals surface area contributed by atoms with Crippen LogP contribution in [0.25, 0.3) is 11.1 Å². The molecular weight excluding hydrogens is 517 g/mol. The number of likely N-dealkylation sites (tertiary alicyclic amines) is 1. The van der Waals surface area contributed by atoms with Crippen molar-refractivity contribution in [1.82, 2.24) is 14.7 Å². The van der Waals surface area contributed by atoms with Gasteiger partial charge < -0.3 is 25.2 Å². The molecule has 2 heterocycles. The van der Waals surface area contributed by atoms with Crippen LogP contribution in [0, 0.1) is 0 Å². The molecule has 9 nitrogen and oxygen atoms in total. The Kier molecular flexibility index (Phi) is 8.44. The molecule has 2 aromatic carbocycles. The van der Waals surface area contributed by atoms with Crippen LogP contribution in [0.1, 0.15) is 41.7 Å². The van der Waals surface area contributed by atoms with Crippen LogP contribution in [0.4, 0.5) is 13.2 Å². The fourth-order valence-corrected chi connectivity index (χ4v) is 4.31. The predicted molar refractivity (Wildman–Crippen MR) is 135 cm³/mol. The third-order valence-electron chi connectivity index (χ3n) is 6.50. The number of aromatic nitrogens is 2. The van der Waals surface area contributed by atoms with Gasteiger partial charge in [-0.3, -0.25) is 14.3 Å². The second-order valence-corrected chi connectivity index (χ2v) is 9.38.